The molecular formula is C31H32ClNO5. The zero-order chi connectivity index (χ0) is 27.6. The maximum atomic E-state index is 13.5. The molecule has 0 bridgehead atoms. The van der Waals surface area contributed by atoms with Crippen LogP contribution in [0.25, 0.3) is 5.76 Å². The van der Waals surface area contributed by atoms with Crippen LogP contribution in [-0.2, 0) is 9.59 Å². The Bertz CT molecular complexity index is 1360. The number of ether oxygens (including phenoxy) is 2. The van der Waals surface area contributed by atoms with Crippen molar-refractivity contribution in [2.24, 2.45) is 0 Å². The number of ketones is 1. The van der Waals surface area contributed by atoms with Crippen molar-refractivity contribution in [1.29, 1.82) is 0 Å². The summed E-state index contributed by atoms with van der Waals surface area (Å²) in [6.45, 7) is 10.3. The molecule has 1 atom stereocenters. The second-order valence-electron chi connectivity index (χ2n) is 9.73. The molecular weight excluding hydrogens is 502 g/mol. The molecule has 0 aliphatic carbocycles. The lowest BCUT2D eigenvalue weighted by Gasteiger charge is -2.26. The molecule has 1 aliphatic rings. The fourth-order valence-electron chi connectivity index (χ4n) is 4.52. The van der Waals surface area contributed by atoms with Crippen LogP contribution in [0, 0.1) is 0 Å². The number of hydrogen-bond donors (Lipinski definition) is 1. The monoisotopic (exact) mass is 533 g/mol. The summed E-state index contributed by atoms with van der Waals surface area (Å²) in [6.07, 6.45) is -0.00860. The quantitative estimate of drug-likeness (QED) is 0.187. The van der Waals surface area contributed by atoms with Crippen molar-refractivity contribution < 1.29 is 24.2 Å². The molecule has 1 heterocycles. The maximum absolute atomic E-state index is 13.5. The number of rotatable bonds is 8. The van der Waals surface area contributed by atoms with Gasteiger partial charge in [0.1, 0.15) is 17.3 Å². The van der Waals surface area contributed by atoms with Gasteiger partial charge in [0, 0.05) is 11.3 Å². The van der Waals surface area contributed by atoms with Gasteiger partial charge in [0.15, 0.2) is 0 Å². The van der Waals surface area contributed by atoms with Crippen LogP contribution >= 0.6 is 11.6 Å². The average molecular weight is 534 g/mol. The highest BCUT2D eigenvalue weighted by atomic mass is 35.5. The van der Waals surface area contributed by atoms with E-state index in [2.05, 4.69) is 13.8 Å². The lowest BCUT2D eigenvalue weighted by molar-refractivity contribution is -0.132. The van der Waals surface area contributed by atoms with Crippen LogP contribution < -0.4 is 14.4 Å². The topological polar surface area (TPSA) is 76.1 Å². The van der Waals surface area contributed by atoms with Crippen LogP contribution in [0.15, 0.2) is 72.3 Å². The highest BCUT2D eigenvalue weighted by Gasteiger charge is 2.47. The molecule has 3 aromatic rings. The molecule has 3 aromatic carbocycles. The summed E-state index contributed by atoms with van der Waals surface area (Å²) in [5, 5.41) is 11.7. The summed E-state index contributed by atoms with van der Waals surface area (Å²) in [5.74, 6) is -0.417. The Morgan fingerprint density at radius 1 is 0.947 bits per heavy atom. The zero-order valence-electron chi connectivity index (χ0n) is 22.2. The molecule has 0 aromatic heterocycles. The predicted octanol–water partition coefficient (Wildman–Crippen LogP) is 7.28. The Labute approximate surface area is 228 Å². The van der Waals surface area contributed by atoms with Gasteiger partial charge in [-0.2, -0.15) is 0 Å². The second kappa shape index (κ2) is 11.3. The molecule has 7 heteroatoms. The fourth-order valence-corrected chi connectivity index (χ4v) is 4.73. The van der Waals surface area contributed by atoms with Crippen LogP contribution in [0.3, 0.4) is 0 Å². The highest BCUT2D eigenvalue weighted by molar-refractivity contribution is 6.52. The first-order valence-electron chi connectivity index (χ1n) is 12.7. The summed E-state index contributed by atoms with van der Waals surface area (Å²) in [7, 11) is 0. The van der Waals surface area contributed by atoms with Gasteiger partial charge in [-0.15, -0.1) is 0 Å². The molecule has 38 heavy (non-hydrogen) atoms. The summed E-state index contributed by atoms with van der Waals surface area (Å²) >= 11 is 6.44. The molecule has 1 N–H and O–H groups in total. The van der Waals surface area contributed by atoms with Gasteiger partial charge >= 0.3 is 0 Å². The molecule has 1 amide bonds. The van der Waals surface area contributed by atoms with Crippen LogP contribution in [-0.4, -0.2) is 29.5 Å². The smallest absolute Gasteiger partial charge is 0.300 e. The number of benzene rings is 3. The van der Waals surface area contributed by atoms with Crippen molar-refractivity contribution in [2.45, 2.75) is 52.7 Å². The number of Topliss-reactive ketones (excluding diaryl/α,β-unsaturated/α-hetero) is 1. The van der Waals surface area contributed by atoms with Crippen LogP contribution in [0.5, 0.6) is 11.5 Å². The third-order valence-electron chi connectivity index (χ3n) is 6.35. The lowest BCUT2D eigenvalue weighted by Crippen LogP contribution is -2.29. The minimum atomic E-state index is -0.875. The number of halogens is 1. The van der Waals surface area contributed by atoms with Crippen LogP contribution in [0.2, 0.25) is 5.02 Å². The van der Waals surface area contributed by atoms with E-state index in [-0.39, 0.29) is 28.0 Å². The van der Waals surface area contributed by atoms with Crippen molar-refractivity contribution in [2.75, 3.05) is 11.5 Å². The Morgan fingerprint density at radius 2 is 1.58 bits per heavy atom. The van der Waals surface area contributed by atoms with Crippen molar-refractivity contribution in [3.8, 4) is 11.5 Å². The van der Waals surface area contributed by atoms with Gasteiger partial charge in [-0.25, -0.2) is 0 Å². The van der Waals surface area contributed by atoms with Crippen molar-refractivity contribution in [1.82, 2.24) is 0 Å². The van der Waals surface area contributed by atoms with E-state index in [1.54, 1.807) is 42.5 Å². The number of amides is 1. The minimum Gasteiger partial charge on any atom is -0.507 e. The molecule has 1 unspecified atom stereocenters. The third-order valence-corrected chi connectivity index (χ3v) is 6.68. The molecule has 0 radical (unpaired) electrons. The van der Waals surface area contributed by atoms with E-state index in [9.17, 15) is 14.7 Å². The van der Waals surface area contributed by atoms with Crippen molar-refractivity contribution >= 4 is 34.7 Å². The summed E-state index contributed by atoms with van der Waals surface area (Å²) in [6, 6.07) is 18.7. The molecule has 6 nitrogen and oxygen atoms in total. The second-order valence-corrected chi connectivity index (χ2v) is 10.1. The van der Waals surface area contributed by atoms with Crippen molar-refractivity contribution in [3.63, 3.8) is 0 Å². The first-order valence-corrected chi connectivity index (χ1v) is 13.1. The molecule has 0 saturated carbocycles. The Balaban J connectivity index is 1.90. The Hall–Kier alpha value is -3.77. The number of aliphatic hydroxyl groups excluding tert-OH is 1. The minimum absolute atomic E-state index is 0.00860. The standard InChI is InChI=1S/C31H32ClNO5/c1-6-37-24-15-16-26(32)25(17-24)29(34)27-28(21-9-13-23(14-10-21)38-19(4)5)33(31(36)30(27)35)22-11-7-20(8-12-22)18(2)3/h7-19,28,34H,6H2,1-5H3/b29-27+. The summed E-state index contributed by atoms with van der Waals surface area (Å²) in [4.78, 5) is 28.4. The van der Waals surface area contributed by atoms with Gasteiger partial charge in [0.05, 0.1) is 29.3 Å². The van der Waals surface area contributed by atoms with E-state index in [4.69, 9.17) is 21.1 Å². The van der Waals surface area contributed by atoms with Gasteiger partial charge in [-0.1, -0.05) is 49.7 Å². The average Bonchev–Trinajstić information content (AvgIpc) is 3.15. The first-order chi connectivity index (χ1) is 18.1. The molecule has 1 saturated heterocycles. The molecule has 0 spiro atoms. The van der Waals surface area contributed by atoms with E-state index < -0.39 is 17.7 Å². The van der Waals surface area contributed by atoms with Crippen LogP contribution in [0.1, 0.15) is 63.3 Å². The SMILES string of the molecule is CCOc1ccc(Cl)c(/C(O)=C2\C(=O)C(=O)N(c3ccc(C(C)C)cc3)C2c2ccc(OC(C)C)cc2)c1. The Morgan fingerprint density at radius 3 is 2.16 bits per heavy atom. The molecule has 1 aliphatic heterocycles. The van der Waals surface area contributed by atoms with Gasteiger partial charge in [-0.3, -0.25) is 14.5 Å². The van der Waals surface area contributed by atoms with Crippen LogP contribution in [0.4, 0.5) is 5.69 Å². The van der Waals surface area contributed by atoms with E-state index in [1.165, 1.54) is 4.90 Å². The largest absolute Gasteiger partial charge is 0.507 e. The van der Waals surface area contributed by atoms with E-state index >= 15 is 0 Å². The number of hydrogen-bond acceptors (Lipinski definition) is 5. The lowest BCUT2D eigenvalue weighted by atomic mass is 9.94. The Kier molecular flexibility index (Phi) is 8.12. The number of nitrogens with zero attached hydrogens (tertiary/aromatic N) is 1. The van der Waals surface area contributed by atoms with Gasteiger partial charge in [-0.05, 0) is 80.3 Å². The summed E-state index contributed by atoms with van der Waals surface area (Å²) < 4.78 is 11.3. The van der Waals surface area contributed by atoms with E-state index in [1.807, 2.05) is 45.0 Å². The normalized spacial score (nSPS) is 16.9. The maximum Gasteiger partial charge on any atom is 0.300 e. The zero-order valence-corrected chi connectivity index (χ0v) is 23.0. The fraction of sp³-hybridized carbons (Fsp3) is 0.290. The van der Waals surface area contributed by atoms with E-state index in [0.717, 1.165) is 5.56 Å². The third kappa shape index (κ3) is 5.41. The first kappa shape index (κ1) is 27.3. The van der Waals surface area contributed by atoms with Gasteiger partial charge in [0.2, 0.25) is 0 Å². The summed E-state index contributed by atoms with van der Waals surface area (Å²) in [5.41, 5.74) is 2.48. The molecule has 4 rings (SSSR count). The van der Waals surface area contributed by atoms with Gasteiger partial charge in [0.25, 0.3) is 11.7 Å². The van der Waals surface area contributed by atoms with Crippen molar-refractivity contribution in [3.05, 3.63) is 94.0 Å². The highest BCUT2D eigenvalue weighted by Crippen LogP contribution is 2.44. The predicted molar refractivity (Wildman–Crippen MR) is 150 cm³/mol. The number of aliphatic hydroxyl groups is 1. The number of carbonyl (C=O) groups excluding carboxylic acids is 2. The molecule has 198 valence electrons. The van der Waals surface area contributed by atoms with Gasteiger partial charge < -0.3 is 14.6 Å². The number of carbonyl (C=O) groups is 2. The van der Waals surface area contributed by atoms with E-state index in [0.29, 0.717) is 35.3 Å². The number of anilines is 1. The molecule has 1 fully saturated rings.